The minimum Gasteiger partial charge on any atom is -0.478 e. The zero-order chi connectivity index (χ0) is 24.0. The number of thiocarbonyl (C=S) groups is 1. The summed E-state index contributed by atoms with van der Waals surface area (Å²) < 4.78 is 38.7. The van der Waals surface area contributed by atoms with E-state index < -0.39 is 23.8 Å². The fourth-order valence-corrected chi connectivity index (χ4v) is 4.27. The standard InChI is InChI=1S/C24H27F3N2O3S/c25-24(26,27)20-4-1-3-18(15-20)16-21(30)11-13-28-12-2-5-22(33)29(28)14-10-17-6-8-19(9-7-17)23(31)32/h1,3-4,6-9,15,21,30H,2,5,10-14,16H2,(H,31,32). The highest BCUT2D eigenvalue weighted by Gasteiger charge is 2.30. The summed E-state index contributed by atoms with van der Waals surface area (Å²) in [6.45, 7) is 1.96. The molecule has 1 aliphatic heterocycles. The van der Waals surface area contributed by atoms with Gasteiger partial charge >= 0.3 is 12.1 Å². The lowest BCUT2D eigenvalue weighted by atomic mass is 10.0. The molecule has 3 rings (SSSR count). The van der Waals surface area contributed by atoms with Crippen molar-refractivity contribution in [2.75, 3.05) is 19.6 Å². The highest BCUT2D eigenvalue weighted by molar-refractivity contribution is 7.80. The van der Waals surface area contributed by atoms with Crippen LogP contribution in [-0.2, 0) is 19.0 Å². The van der Waals surface area contributed by atoms with Gasteiger partial charge in [0.1, 0.15) is 0 Å². The smallest absolute Gasteiger partial charge is 0.416 e. The summed E-state index contributed by atoms with van der Waals surface area (Å²) in [5.41, 5.74) is 0.978. The van der Waals surface area contributed by atoms with Crippen LogP contribution in [-0.4, -0.2) is 56.9 Å². The number of aliphatic hydroxyl groups excluding tert-OH is 1. The molecule has 33 heavy (non-hydrogen) atoms. The molecule has 1 fully saturated rings. The van der Waals surface area contributed by atoms with Crippen molar-refractivity contribution >= 4 is 23.2 Å². The first kappa shape index (κ1) is 25.1. The van der Waals surface area contributed by atoms with Crippen LogP contribution >= 0.6 is 12.2 Å². The lowest BCUT2D eigenvalue weighted by Gasteiger charge is -2.41. The quantitative estimate of drug-likeness (QED) is 0.513. The average molecular weight is 481 g/mol. The van der Waals surface area contributed by atoms with Crippen molar-refractivity contribution < 1.29 is 28.2 Å². The van der Waals surface area contributed by atoms with Gasteiger partial charge in [0.15, 0.2) is 0 Å². The molecular weight excluding hydrogens is 453 g/mol. The van der Waals surface area contributed by atoms with Crippen molar-refractivity contribution in [2.45, 2.75) is 44.4 Å². The minimum absolute atomic E-state index is 0.151. The number of hydrogen-bond donors (Lipinski definition) is 2. The van der Waals surface area contributed by atoms with Crippen LogP contribution < -0.4 is 0 Å². The maximum atomic E-state index is 12.9. The number of aromatic carboxylic acids is 1. The molecular formula is C24H27F3N2O3S. The molecule has 9 heteroatoms. The Morgan fingerprint density at radius 1 is 1.09 bits per heavy atom. The summed E-state index contributed by atoms with van der Waals surface area (Å²) >= 11 is 5.55. The minimum atomic E-state index is -4.40. The summed E-state index contributed by atoms with van der Waals surface area (Å²) in [5.74, 6) is -0.964. The van der Waals surface area contributed by atoms with Crippen LogP contribution in [0.15, 0.2) is 48.5 Å². The topological polar surface area (TPSA) is 64.0 Å². The van der Waals surface area contributed by atoms with Crippen LogP contribution in [0, 0.1) is 0 Å². The zero-order valence-electron chi connectivity index (χ0n) is 18.1. The summed E-state index contributed by atoms with van der Waals surface area (Å²) in [6, 6.07) is 11.8. The van der Waals surface area contributed by atoms with Crippen molar-refractivity contribution in [3.63, 3.8) is 0 Å². The van der Waals surface area contributed by atoms with Gasteiger partial charge in [0.2, 0.25) is 0 Å². The van der Waals surface area contributed by atoms with Gasteiger partial charge in [-0.3, -0.25) is 5.01 Å². The van der Waals surface area contributed by atoms with Gasteiger partial charge < -0.3 is 10.2 Å². The van der Waals surface area contributed by atoms with Gasteiger partial charge in [0.25, 0.3) is 0 Å². The second-order valence-electron chi connectivity index (χ2n) is 8.17. The molecule has 0 amide bonds. The molecule has 0 radical (unpaired) electrons. The number of carboxylic acid groups (broad SMARTS) is 1. The van der Waals surface area contributed by atoms with E-state index in [-0.39, 0.29) is 12.0 Å². The fourth-order valence-electron chi connectivity index (χ4n) is 3.91. The van der Waals surface area contributed by atoms with E-state index in [0.717, 1.165) is 42.1 Å². The van der Waals surface area contributed by atoms with E-state index in [9.17, 15) is 23.1 Å². The van der Waals surface area contributed by atoms with Gasteiger partial charge in [-0.15, -0.1) is 0 Å². The Bertz CT molecular complexity index is 966. The third kappa shape index (κ3) is 7.25. The second-order valence-corrected chi connectivity index (χ2v) is 8.64. The van der Waals surface area contributed by atoms with Crippen LogP contribution in [0.4, 0.5) is 13.2 Å². The summed E-state index contributed by atoms with van der Waals surface area (Å²) in [4.78, 5) is 11.8. The molecule has 1 saturated heterocycles. The first-order chi connectivity index (χ1) is 15.6. The number of carbonyl (C=O) groups is 1. The van der Waals surface area contributed by atoms with Crippen LogP contribution in [0.1, 0.15) is 46.3 Å². The van der Waals surface area contributed by atoms with Crippen molar-refractivity contribution in [2.24, 2.45) is 0 Å². The lowest BCUT2D eigenvalue weighted by Crippen LogP contribution is -2.51. The summed E-state index contributed by atoms with van der Waals surface area (Å²) in [6.07, 6.45) is -2.22. The van der Waals surface area contributed by atoms with Crippen LogP contribution in [0.5, 0.6) is 0 Å². The molecule has 0 spiro atoms. The van der Waals surface area contributed by atoms with Crippen molar-refractivity contribution in [1.29, 1.82) is 0 Å². The number of aliphatic hydroxyl groups is 1. The maximum absolute atomic E-state index is 12.9. The average Bonchev–Trinajstić information content (AvgIpc) is 2.77. The van der Waals surface area contributed by atoms with Gasteiger partial charge in [-0.1, -0.05) is 42.5 Å². The Labute approximate surface area is 196 Å². The molecule has 2 aromatic rings. The van der Waals surface area contributed by atoms with E-state index >= 15 is 0 Å². The van der Waals surface area contributed by atoms with E-state index in [2.05, 4.69) is 5.01 Å². The van der Waals surface area contributed by atoms with E-state index in [1.54, 1.807) is 30.3 Å². The molecule has 0 saturated carbocycles. The van der Waals surface area contributed by atoms with Crippen molar-refractivity contribution in [3.8, 4) is 0 Å². The number of benzene rings is 2. The van der Waals surface area contributed by atoms with E-state index in [4.69, 9.17) is 17.3 Å². The Balaban J connectivity index is 1.55. The lowest BCUT2D eigenvalue weighted by molar-refractivity contribution is -0.137. The predicted octanol–water partition coefficient (Wildman–Crippen LogP) is 4.58. The number of carboxylic acids is 1. The molecule has 5 nitrogen and oxygen atoms in total. The van der Waals surface area contributed by atoms with Crippen molar-refractivity contribution in [3.05, 3.63) is 70.8 Å². The molecule has 1 aliphatic rings. The van der Waals surface area contributed by atoms with E-state index in [1.165, 1.54) is 6.07 Å². The number of hydrazine groups is 1. The molecule has 1 atom stereocenters. The third-order valence-electron chi connectivity index (χ3n) is 5.70. The van der Waals surface area contributed by atoms with Gasteiger partial charge in [0, 0.05) is 26.1 Å². The highest BCUT2D eigenvalue weighted by Crippen LogP contribution is 2.30. The Morgan fingerprint density at radius 3 is 2.48 bits per heavy atom. The Hall–Kier alpha value is -2.49. The van der Waals surface area contributed by atoms with Gasteiger partial charge in [-0.25, -0.2) is 9.80 Å². The number of halogens is 3. The number of rotatable bonds is 9. The number of alkyl halides is 3. The predicted molar refractivity (Wildman–Crippen MR) is 123 cm³/mol. The highest BCUT2D eigenvalue weighted by atomic mass is 32.1. The van der Waals surface area contributed by atoms with Gasteiger partial charge in [-0.2, -0.15) is 13.2 Å². The molecule has 0 aromatic heterocycles. The first-order valence-electron chi connectivity index (χ1n) is 10.8. The maximum Gasteiger partial charge on any atom is 0.416 e. The van der Waals surface area contributed by atoms with Crippen LogP contribution in [0.3, 0.4) is 0 Å². The van der Waals surface area contributed by atoms with E-state index in [1.807, 2.05) is 5.01 Å². The molecule has 0 bridgehead atoms. The first-order valence-corrected chi connectivity index (χ1v) is 11.3. The molecule has 2 aromatic carbocycles. The zero-order valence-corrected chi connectivity index (χ0v) is 18.9. The molecule has 1 heterocycles. The number of hydrogen-bond acceptors (Lipinski definition) is 4. The molecule has 178 valence electrons. The van der Waals surface area contributed by atoms with Crippen LogP contribution in [0.25, 0.3) is 0 Å². The molecule has 2 N–H and O–H groups in total. The monoisotopic (exact) mass is 480 g/mol. The Morgan fingerprint density at radius 2 is 1.82 bits per heavy atom. The Kier molecular flexibility index (Phi) is 8.45. The van der Waals surface area contributed by atoms with Gasteiger partial charge in [-0.05, 0) is 55.0 Å². The third-order valence-corrected chi connectivity index (χ3v) is 6.11. The normalized spacial score (nSPS) is 16.1. The number of nitrogens with zero attached hydrogens (tertiary/aromatic N) is 2. The summed E-state index contributed by atoms with van der Waals surface area (Å²) in [5, 5.41) is 23.6. The van der Waals surface area contributed by atoms with Crippen molar-refractivity contribution in [1.82, 2.24) is 10.0 Å². The molecule has 0 aliphatic carbocycles. The largest absolute Gasteiger partial charge is 0.478 e. The van der Waals surface area contributed by atoms with E-state index in [0.29, 0.717) is 31.5 Å². The van der Waals surface area contributed by atoms with Gasteiger partial charge in [0.05, 0.1) is 22.2 Å². The summed E-state index contributed by atoms with van der Waals surface area (Å²) in [7, 11) is 0. The fraction of sp³-hybridized carbons (Fsp3) is 0.417. The SMILES string of the molecule is O=C(O)c1ccc(CCN2C(=S)CCCN2CCC(O)Cc2cccc(C(F)(F)F)c2)cc1. The van der Waals surface area contributed by atoms with Crippen LogP contribution in [0.2, 0.25) is 0 Å². The second kappa shape index (κ2) is 11.1. The molecule has 1 unspecified atom stereocenters.